The highest BCUT2D eigenvalue weighted by atomic mass is 16.5. The van der Waals surface area contributed by atoms with Crippen LogP contribution in [0.25, 0.3) is 0 Å². The van der Waals surface area contributed by atoms with Gasteiger partial charge in [-0.1, -0.05) is 25.5 Å². The molecule has 1 aromatic heterocycles. The summed E-state index contributed by atoms with van der Waals surface area (Å²) in [5.41, 5.74) is 1.31. The Hall–Kier alpha value is -1.62. The third-order valence-corrected chi connectivity index (χ3v) is 5.24. The topological polar surface area (TPSA) is 56.1 Å². The number of hydrogen-bond acceptors (Lipinski definition) is 3. The maximum atomic E-state index is 12.7. The molecule has 4 atom stereocenters. The van der Waals surface area contributed by atoms with Crippen molar-refractivity contribution >= 4 is 5.91 Å². The minimum absolute atomic E-state index is 0.00681. The molecule has 5 nitrogen and oxygen atoms in total. The predicted octanol–water partition coefficient (Wildman–Crippen LogP) is 2.60. The highest BCUT2D eigenvalue weighted by molar-refractivity contribution is 5.84. The van der Waals surface area contributed by atoms with Gasteiger partial charge in [0.25, 0.3) is 0 Å². The minimum Gasteiger partial charge on any atom is -0.368 e. The van der Waals surface area contributed by atoms with Crippen LogP contribution >= 0.6 is 0 Å². The Morgan fingerprint density at radius 2 is 2.22 bits per heavy atom. The molecule has 0 bridgehead atoms. The van der Waals surface area contributed by atoms with Gasteiger partial charge in [0.1, 0.15) is 11.9 Å². The molecule has 5 heteroatoms. The zero-order valence-corrected chi connectivity index (χ0v) is 14.7. The van der Waals surface area contributed by atoms with Crippen molar-refractivity contribution in [2.24, 2.45) is 24.3 Å². The standard InChI is InChI=1S/C18H27N3O2/c1-11(2)10-12-14(18(12,3)4)17(22)20-13-6-9-23-15(13)16-19-7-8-21(16)5/h7-8,10,12-15H,6,9H2,1-5H3,(H,20,22)/t12-,13+,14+,15+/m1/s1. The molecule has 1 N–H and O–H groups in total. The molecule has 2 aliphatic rings. The van der Waals surface area contributed by atoms with Gasteiger partial charge in [0.2, 0.25) is 5.91 Å². The van der Waals surface area contributed by atoms with Crippen molar-refractivity contribution in [1.29, 1.82) is 0 Å². The summed E-state index contributed by atoms with van der Waals surface area (Å²) in [4.78, 5) is 17.1. The maximum Gasteiger partial charge on any atom is 0.224 e. The van der Waals surface area contributed by atoms with Crippen LogP contribution in [-0.4, -0.2) is 28.1 Å². The van der Waals surface area contributed by atoms with Gasteiger partial charge in [-0.25, -0.2) is 4.98 Å². The van der Waals surface area contributed by atoms with Crippen LogP contribution in [0, 0.1) is 17.3 Å². The second-order valence-electron chi connectivity index (χ2n) is 7.66. The Kier molecular flexibility index (Phi) is 4.08. The van der Waals surface area contributed by atoms with Gasteiger partial charge in [0.05, 0.1) is 12.0 Å². The van der Waals surface area contributed by atoms with E-state index in [9.17, 15) is 4.79 Å². The molecule has 0 spiro atoms. The maximum absolute atomic E-state index is 12.7. The van der Waals surface area contributed by atoms with Crippen LogP contribution in [0.1, 0.15) is 46.0 Å². The quantitative estimate of drug-likeness (QED) is 0.869. The van der Waals surface area contributed by atoms with Gasteiger partial charge < -0.3 is 14.6 Å². The Bertz CT molecular complexity index is 628. The number of hydrogen-bond donors (Lipinski definition) is 1. The van der Waals surface area contributed by atoms with Gasteiger partial charge in [0, 0.05) is 26.0 Å². The SMILES string of the molecule is CC(C)=C[C@@H]1[C@@H](C(=O)N[C@H]2CCO[C@@H]2c2nccn2C)C1(C)C. The van der Waals surface area contributed by atoms with E-state index < -0.39 is 0 Å². The number of aromatic nitrogens is 2. The zero-order chi connectivity index (χ0) is 16.8. The highest BCUT2D eigenvalue weighted by Crippen LogP contribution is 2.59. The fourth-order valence-corrected chi connectivity index (χ4v) is 3.76. The summed E-state index contributed by atoms with van der Waals surface area (Å²) in [6.07, 6.45) is 6.59. The van der Waals surface area contributed by atoms with Crippen molar-refractivity contribution in [3.63, 3.8) is 0 Å². The lowest BCUT2D eigenvalue weighted by atomic mass is 10.1. The van der Waals surface area contributed by atoms with E-state index in [0.29, 0.717) is 12.5 Å². The van der Waals surface area contributed by atoms with E-state index in [1.807, 2.05) is 17.8 Å². The van der Waals surface area contributed by atoms with Gasteiger partial charge >= 0.3 is 0 Å². The Morgan fingerprint density at radius 1 is 1.48 bits per heavy atom. The van der Waals surface area contributed by atoms with Gasteiger partial charge in [-0.3, -0.25) is 4.79 Å². The lowest BCUT2D eigenvalue weighted by molar-refractivity contribution is -0.124. The molecule has 0 aromatic carbocycles. The molecule has 126 valence electrons. The average Bonchev–Trinajstić information content (AvgIpc) is 2.86. The smallest absolute Gasteiger partial charge is 0.224 e. The number of imidazole rings is 1. The van der Waals surface area contributed by atoms with E-state index in [0.717, 1.165) is 12.2 Å². The third kappa shape index (κ3) is 2.94. The molecule has 0 radical (unpaired) electrons. The van der Waals surface area contributed by atoms with Crippen LogP contribution < -0.4 is 5.32 Å². The molecule has 23 heavy (non-hydrogen) atoms. The fraction of sp³-hybridized carbons (Fsp3) is 0.667. The number of allylic oxidation sites excluding steroid dienone is 2. The number of nitrogens with one attached hydrogen (secondary N) is 1. The molecular formula is C18H27N3O2. The number of rotatable bonds is 4. The van der Waals surface area contributed by atoms with E-state index in [4.69, 9.17) is 4.74 Å². The lowest BCUT2D eigenvalue weighted by Crippen LogP contribution is -2.39. The highest BCUT2D eigenvalue weighted by Gasteiger charge is 2.60. The van der Waals surface area contributed by atoms with Crippen LogP contribution in [0.5, 0.6) is 0 Å². The molecule has 1 saturated heterocycles. The van der Waals surface area contributed by atoms with Gasteiger partial charge in [-0.05, 0) is 31.6 Å². The van der Waals surface area contributed by atoms with E-state index in [2.05, 4.69) is 44.1 Å². The first-order valence-corrected chi connectivity index (χ1v) is 8.36. The summed E-state index contributed by atoms with van der Waals surface area (Å²) in [6, 6.07) is 0.00681. The van der Waals surface area contributed by atoms with Gasteiger partial charge in [-0.2, -0.15) is 0 Å². The van der Waals surface area contributed by atoms with Gasteiger partial charge in [-0.15, -0.1) is 0 Å². The normalized spacial score (nSPS) is 31.7. The monoisotopic (exact) mass is 317 g/mol. The summed E-state index contributed by atoms with van der Waals surface area (Å²) in [7, 11) is 1.96. The number of carbonyl (C=O) groups is 1. The number of aryl methyl sites for hydroxylation is 1. The van der Waals surface area contributed by atoms with Crippen LogP contribution in [0.4, 0.5) is 0 Å². The molecule has 2 fully saturated rings. The van der Waals surface area contributed by atoms with Crippen LogP contribution in [-0.2, 0) is 16.6 Å². The van der Waals surface area contributed by atoms with Crippen molar-refractivity contribution in [3.05, 3.63) is 29.9 Å². The third-order valence-electron chi connectivity index (χ3n) is 5.24. The fourth-order valence-electron chi connectivity index (χ4n) is 3.76. The first-order valence-electron chi connectivity index (χ1n) is 8.36. The Morgan fingerprint density at radius 3 is 2.83 bits per heavy atom. The number of carbonyl (C=O) groups excluding carboxylic acids is 1. The summed E-state index contributed by atoms with van der Waals surface area (Å²) in [5, 5.41) is 3.22. The van der Waals surface area contributed by atoms with E-state index in [-0.39, 0.29) is 29.4 Å². The summed E-state index contributed by atoms with van der Waals surface area (Å²) in [5.74, 6) is 1.41. The van der Waals surface area contributed by atoms with Crippen molar-refractivity contribution in [2.75, 3.05) is 6.61 Å². The van der Waals surface area contributed by atoms with E-state index in [1.165, 1.54) is 5.57 Å². The number of amides is 1. The zero-order valence-electron chi connectivity index (χ0n) is 14.7. The first kappa shape index (κ1) is 16.2. The summed E-state index contributed by atoms with van der Waals surface area (Å²) >= 11 is 0. The molecule has 2 heterocycles. The molecular weight excluding hydrogens is 290 g/mol. The lowest BCUT2D eigenvalue weighted by Gasteiger charge is -2.20. The predicted molar refractivity (Wildman–Crippen MR) is 88.6 cm³/mol. The van der Waals surface area contributed by atoms with Crippen LogP contribution in [0.15, 0.2) is 24.0 Å². The molecule has 3 rings (SSSR count). The summed E-state index contributed by atoms with van der Waals surface area (Å²) in [6.45, 7) is 9.18. The Balaban J connectivity index is 1.69. The van der Waals surface area contributed by atoms with Crippen molar-refractivity contribution in [2.45, 2.75) is 46.3 Å². The molecule has 1 saturated carbocycles. The van der Waals surface area contributed by atoms with Gasteiger partial charge in [0.15, 0.2) is 0 Å². The molecule has 1 aliphatic carbocycles. The van der Waals surface area contributed by atoms with Crippen molar-refractivity contribution < 1.29 is 9.53 Å². The molecule has 0 unspecified atom stereocenters. The summed E-state index contributed by atoms with van der Waals surface area (Å²) < 4.78 is 7.79. The average molecular weight is 317 g/mol. The molecule has 1 amide bonds. The second-order valence-corrected chi connectivity index (χ2v) is 7.66. The van der Waals surface area contributed by atoms with Crippen molar-refractivity contribution in [3.8, 4) is 0 Å². The molecule has 1 aromatic rings. The van der Waals surface area contributed by atoms with Crippen molar-refractivity contribution in [1.82, 2.24) is 14.9 Å². The van der Waals surface area contributed by atoms with Crippen LogP contribution in [0.2, 0.25) is 0 Å². The largest absolute Gasteiger partial charge is 0.368 e. The first-order chi connectivity index (χ1) is 10.8. The van der Waals surface area contributed by atoms with E-state index >= 15 is 0 Å². The minimum atomic E-state index is -0.150. The van der Waals surface area contributed by atoms with E-state index in [1.54, 1.807) is 6.20 Å². The Labute approximate surface area is 138 Å². The number of nitrogens with zero attached hydrogens (tertiary/aromatic N) is 2. The number of ether oxygens (including phenoxy) is 1. The molecule has 1 aliphatic heterocycles. The second kappa shape index (κ2) is 5.78. The van der Waals surface area contributed by atoms with Crippen LogP contribution in [0.3, 0.4) is 0 Å².